The number of aromatic nitrogens is 6. The number of benzene rings is 7. The minimum Gasteiger partial charge on any atom is -0.309 e. The van der Waals surface area contributed by atoms with Gasteiger partial charge in [0.15, 0.2) is 23.2 Å². The van der Waals surface area contributed by atoms with Gasteiger partial charge in [-0.3, -0.25) is 4.98 Å². The van der Waals surface area contributed by atoms with Gasteiger partial charge < -0.3 is 9.13 Å². The molecule has 4 aromatic heterocycles. The molecule has 0 saturated heterocycles. The van der Waals surface area contributed by atoms with E-state index in [0.29, 0.717) is 28.7 Å². The summed E-state index contributed by atoms with van der Waals surface area (Å²) < 4.78 is 4.58. The molecule has 0 amide bonds. The molecule has 0 aliphatic heterocycles. The number of pyridine rings is 1. The molecule has 0 radical (unpaired) electrons. The number of hydrogen-bond acceptors (Lipinski definition) is 5. The van der Waals surface area contributed by atoms with E-state index < -0.39 is 0 Å². The topological polar surface area (TPSA) is 89.6 Å². The van der Waals surface area contributed by atoms with Gasteiger partial charge >= 0.3 is 0 Å². The Kier molecular flexibility index (Phi) is 11.7. The lowest BCUT2D eigenvalue weighted by Gasteiger charge is -2.26. The van der Waals surface area contributed by atoms with E-state index in [1.54, 1.807) is 0 Å². The molecule has 0 spiro atoms. The third-order valence-corrected chi connectivity index (χ3v) is 14.9. The summed E-state index contributed by atoms with van der Waals surface area (Å²) in [6.07, 6.45) is 3.79. The largest absolute Gasteiger partial charge is 0.309 e. The lowest BCUT2D eigenvalue weighted by atomic mass is 9.79. The van der Waals surface area contributed by atoms with Crippen LogP contribution in [0.2, 0.25) is 0 Å². The number of nitriles is 1. The van der Waals surface area contributed by atoms with E-state index in [-0.39, 0.29) is 21.7 Å². The zero-order valence-electron chi connectivity index (χ0n) is 45.6. The second-order valence-corrected chi connectivity index (χ2v) is 24.4. The van der Waals surface area contributed by atoms with Crippen molar-refractivity contribution in [2.24, 2.45) is 0 Å². The SMILES string of the molecule is [C-]#[N+]c1ccc2c(c1)c1ccccc1n2-c1cnccc1-c1cc(-c2nc(-c3cc(C(C)(C)C)cc(C(C)(C)C)c3)nc(-c3cc(C(C)(C)C)cc(C(C)(C)C)c3)n2)ccc1-n1c2ccccc2c2cc(C#N)ccc21. The molecule has 0 aliphatic rings. The summed E-state index contributed by atoms with van der Waals surface area (Å²) in [4.78, 5) is 25.1. The minimum atomic E-state index is -0.136. The van der Waals surface area contributed by atoms with E-state index in [9.17, 15) is 5.26 Å². The van der Waals surface area contributed by atoms with E-state index in [2.05, 4.69) is 212 Å². The Morgan fingerprint density at radius 3 is 1.39 bits per heavy atom. The lowest BCUT2D eigenvalue weighted by molar-refractivity contribution is 0.568. The Bertz CT molecular complexity index is 4080. The monoisotopic (exact) mass is 991 g/mol. The van der Waals surface area contributed by atoms with Gasteiger partial charge in [-0.2, -0.15) is 5.26 Å². The van der Waals surface area contributed by atoms with Crippen LogP contribution < -0.4 is 0 Å². The lowest BCUT2D eigenvalue weighted by Crippen LogP contribution is -2.17. The van der Waals surface area contributed by atoms with Crippen LogP contribution in [0, 0.1) is 17.9 Å². The Labute approximate surface area is 446 Å². The van der Waals surface area contributed by atoms with Crippen molar-refractivity contribution in [3.8, 4) is 62.7 Å². The smallest absolute Gasteiger partial charge is 0.188 e. The summed E-state index contributed by atoms with van der Waals surface area (Å²) in [5.74, 6) is 1.75. The summed E-state index contributed by atoms with van der Waals surface area (Å²) in [7, 11) is 0. The van der Waals surface area contributed by atoms with Gasteiger partial charge in [0.1, 0.15) is 0 Å². The molecule has 8 heteroatoms. The Morgan fingerprint density at radius 1 is 0.434 bits per heavy atom. The van der Waals surface area contributed by atoms with Gasteiger partial charge in [0, 0.05) is 50.2 Å². The van der Waals surface area contributed by atoms with Crippen molar-refractivity contribution in [1.29, 1.82) is 5.26 Å². The van der Waals surface area contributed by atoms with Gasteiger partial charge in [0.2, 0.25) is 0 Å². The summed E-state index contributed by atoms with van der Waals surface area (Å²) in [5.41, 5.74) is 15.8. The third kappa shape index (κ3) is 8.78. The highest BCUT2D eigenvalue weighted by atomic mass is 15.0. The third-order valence-electron chi connectivity index (χ3n) is 14.9. The first-order valence-corrected chi connectivity index (χ1v) is 26.1. The van der Waals surface area contributed by atoms with E-state index >= 15 is 0 Å². The van der Waals surface area contributed by atoms with Gasteiger partial charge in [-0.1, -0.05) is 138 Å². The summed E-state index contributed by atoms with van der Waals surface area (Å²) in [5, 5.41) is 14.2. The first-order chi connectivity index (χ1) is 36.1. The van der Waals surface area contributed by atoms with Crippen LogP contribution >= 0.6 is 0 Å². The molecule has 76 heavy (non-hydrogen) atoms. The van der Waals surface area contributed by atoms with Crippen molar-refractivity contribution in [3.63, 3.8) is 0 Å². The second-order valence-electron chi connectivity index (χ2n) is 24.4. The Morgan fingerprint density at radius 2 is 0.895 bits per heavy atom. The zero-order valence-corrected chi connectivity index (χ0v) is 45.6. The first-order valence-electron chi connectivity index (χ1n) is 26.1. The van der Waals surface area contributed by atoms with Crippen LogP contribution in [-0.4, -0.2) is 29.1 Å². The molecule has 8 nitrogen and oxygen atoms in total. The van der Waals surface area contributed by atoms with E-state index in [4.69, 9.17) is 26.5 Å². The van der Waals surface area contributed by atoms with Crippen molar-refractivity contribution < 1.29 is 0 Å². The molecule has 0 bridgehead atoms. The van der Waals surface area contributed by atoms with Crippen molar-refractivity contribution in [1.82, 2.24) is 29.1 Å². The van der Waals surface area contributed by atoms with Crippen LogP contribution in [0.3, 0.4) is 0 Å². The van der Waals surface area contributed by atoms with E-state index in [1.807, 2.05) is 48.8 Å². The van der Waals surface area contributed by atoms with Crippen LogP contribution in [0.1, 0.15) is 111 Å². The molecule has 0 fully saturated rings. The Hall–Kier alpha value is -8.72. The molecule has 7 aromatic carbocycles. The van der Waals surface area contributed by atoms with Crippen LogP contribution in [0.4, 0.5) is 5.69 Å². The normalized spacial score (nSPS) is 12.4. The van der Waals surface area contributed by atoms with Crippen molar-refractivity contribution in [3.05, 3.63) is 197 Å². The fourth-order valence-electron chi connectivity index (χ4n) is 10.5. The molecule has 4 heterocycles. The van der Waals surface area contributed by atoms with E-state index in [0.717, 1.165) is 82.8 Å². The summed E-state index contributed by atoms with van der Waals surface area (Å²) in [6.45, 7) is 35.0. The molecule has 0 saturated carbocycles. The molecule has 374 valence electrons. The van der Waals surface area contributed by atoms with Crippen LogP contribution in [-0.2, 0) is 21.7 Å². The Balaban J connectivity index is 1.24. The maximum atomic E-state index is 10.1. The van der Waals surface area contributed by atoms with Crippen molar-refractivity contribution in [2.75, 3.05) is 0 Å². The highest BCUT2D eigenvalue weighted by Crippen LogP contribution is 2.44. The predicted molar refractivity (Wildman–Crippen MR) is 314 cm³/mol. The quantitative estimate of drug-likeness (QED) is 0.155. The van der Waals surface area contributed by atoms with Crippen LogP contribution in [0.5, 0.6) is 0 Å². The van der Waals surface area contributed by atoms with Crippen molar-refractivity contribution >= 4 is 49.3 Å². The average molecular weight is 991 g/mol. The molecule has 0 unspecified atom stereocenters. The van der Waals surface area contributed by atoms with Gasteiger partial charge in [0.05, 0.1) is 57.8 Å². The predicted octanol–water partition coefficient (Wildman–Crippen LogP) is 17.7. The first kappa shape index (κ1) is 49.5. The van der Waals surface area contributed by atoms with Crippen LogP contribution in [0.15, 0.2) is 158 Å². The standard InChI is InChI=1S/C68H62N8/c1-65(2,3)45-31-43(32-46(36-45)66(4,5)6)63-72-62(73-64(74-63)44-33-47(67(7,8)9)37-48(34-44)68(10,11)12)42-23-26-59(75-56-20-16-14-18-50(56)53-30-41(39-69)22-25-58(53)75)54(35-42)52-28-29-71-40-61(52)76-57-21-17-15-19-51(57)55-38-49(70-13)24-27-60(55)76/h14-38,40H,1-12H3. The zero-order chi connectivity index (χ0) is 53.6. The van der Waals surface area contributed by atoms with Gasteiger partial charge in [0.25, 0.3) is 0 Å². The maximum absolute atomic E-state index is 10.1. The summed E-state index contributed by atoms with van der Waals surface area (Å²) >= 11 is 0. The minimum absolute atomic E-state index is 0.136. The number of hydrogen-bond donors (Lipinski definition) is 0. The number of rotatable bonds is 6. The van der Waals surface area contributed by atoms with Crippen LogP contribution in [0.25, 0.3) is 105 Å². The fourth-order valence-corrected chi connectivity index (χ4v) is 10.5. The molecular weight excluding hydrogens is 929 g/mol. The molecule has 0 atom stereocenters. The maximum Gasteiger partial charge on any atom is 0.188 e. The van der Waals surface area contributed by atoms with Gasteiger partial charge in [-0.15, -0.1) is 0 Å². The molecular formula is C68H62N8. The number of nitrogens with zero attached hydrogens (tertiary/aromatic N) is 8. The molecule has 11 aromatic rings. The fraction of sp³-hybridized carbons (Fsp3) is 0.235. The molecule has 0 aliphatic carbocycles. The summed E-state index contributed by atoms with van der Waals surface area (Å²) in [6, 6.07) is 53.3. The number of fused-ring (bicyclic) bond motifs is 6. The number of para-hydroxylation sites is 2. The van der Waals surface area contributed by atoms with Gasteiger partial charge in [-0.25, -0.2) is 19.8 Å². The second kappa shape index (κ2) is 18.0. The van der Waals surface area contributed by atoms with Gasteiger partial charge in [-0.05, 0) is 140 Å². The highest BCUT2D eigenvalue weighted by molar-refractivity contribution is 6.12. The molecule has 11 rings (SSSR count). The van der Waals surface area contributed by atoms with Crippen molar-refractivity contribution in [2.45, 2.75) is 105 Å². The highest BCUT2D eigenvalue weighted by Gasteiger charge is 2.27. The average Bonchev–Trinajstić information content (AvgIpc) is 3.92. The molecule has 0 N–H and O–H groups in total. The van der Waals surface area contributed by atoms with E-state index in [1.165, 1.54) is 22.3 Å².